The average Bonchev–Trinajstić information content (AvgIpc) is 2.96. The van der Waals surface area contributed by atoms with Gasteiger partial charge < -0.3 is 5.32 Å². The Labute approximate surface area is 133 Å². The second kappa shape index (κ2) is 5.46. The molecule has 0 unspecified atom stereocenters. The van der Waals surface area contributed by atoms with Gasteiger partial charge in [-0.15, -0.1) is 0 Å². The molecular formula is C17H16FN5. The fraction of sp³-hybridized carbons (Fsp3) is 0.235. The van der Waals surface area contributed by atoms with Gasteiger partial charge in [-0.05, 0) is 36.6 Å². The van der Waals surface area contributed by atoms with Crippen LogP contribution < -0.4 is 5.32 Å². The zero-order valence-electron chi connectivity index (χ0n) is 12.8. The Morgan fingerprint density at radius 3 is 2.91 bits per heavy atom. The maximum Gasteiger partial charge on any atom is 0.141 e. The molecule has 4 rings (SSSR count). The molecule has 0 spiro atoms. The number of fused-ring (bicyclic) bond motifs is 1. The van der Waals surface area contributed by atoms with Gasteiger partial charge in [0.1, 0.15) is 17.3 Å². The summed E-state index contributed by atoms with van der Waals surface area (Å²) in [6.45, 7) is 0.947. The highest BCUT2D eigenvalue weighted by Crippen LogP contribution is 2.35. The highest BCUT2D eigenvalue weighted by molar-refractivity contribution is 5.82. The van der Waals surface area contributed by atoms with E-state index in [9.17, 15) is 4.39 Å². The van der Waals surface area contributed by atoms with Crippen molar-refractivity contribution in [2.45, 2.75) is 12.8 Å². The number of nitrogens with zero attached hydrogens (tertiary/aromatic N) is 4. The first-order valence-electron chi connectivity index (χ1n) is 7.60. The molecule has 6 heteroatoms. The van der Waals surface area contributed by atoms with Crippen LogP contribution in [0.1, 0.15) is 12.0 Å². The third-order valence-electron chi connectivity index (χ3n) is 4.04. The monoisotopic (exact) mass is 309 g/mol. The van der Waals surface area contributed by atoms with Crippen molar-refractivity contribution in [1.82, 2.24) is 19.7 Å². The van der Waals surface area contributed by atoms with Gasteiger partial charge in [0, 0.05) is 37.1 Å². The first-order valence-corrected chi connectivity index (χ1v) is 7.60. The van der Waals surface area contributed by atoms with Gasteiger partial charge >= 0.3 is 0 Å². The molecule has 0 fully saturated rings. The number of hydrogen-bond acceptors (Lipinski definition) is 4. The molecule has 116 valence electrons. The molecule has 1 N–H and O–H groups in total. The number of halogens is 1. The fourth-order valence-corrected chi connectivity index (χ4v) is 3.01. The second-order valence-electron chi connectivity index (χ2n) is 5.64. The zero-order chi connectivity index (χ0) is 15.8. The summed E-state index contributed by atoms with van der Waals surface area (Å²) in [4.78, 5) is 8.60. The van der Waals surface area contributed by atoms with Gasteiger partial charge in [-0.1, -0.05) is 0 Å². The van der Waals surface area contributed by atoms with Gasteiger partial charge in [0.05, 0.1) is 11.9 Å². The lowest BCUT2D eigenvalue weighted by Crippen LogP contribution is -2.14. The van der Waals surface area contributed by atoms with Crippen molar-refractivity contribution in [2.24, 2.45) is 7.05 Å². The van der Waals surface area contributed by atoms with E-state index < -0.39 is 0 Å². The Bertz CT molecular complexity index is 854. The number of anilines is 1. The molecule has 3 aromatic heterocycles. The highest BCUT2D eigenvalue weighted by Gasteiger charge is 2.20. The summed E-state index contributed by atoms with van der Waals surface area (Å²) >= 11 is 0. The Morgan fingerprint density at radius 2 is 2.09 bits per heavy atom. The van der Waals surface area contributed by atoms with Crippen LogP contribution in [0.2, 0.25) is 0 Å². The summed E-state index contributed by atoms with van der Waals surface area (Å²) in [7, 11) is 1.88. The van der Waals surface area contributed by atoms with Gasteiger partial charge in [-0.2, -0.15) is 5.10 Å². The molecule has 1 aliphatic rings. The number of rotatable bonds is 2. The van der Waals surface area contributed by atoms with Crippen molar-refractivity contribution in [3.63, 3.8) is 0 Å². The molecule has 0 bridgehead atoms. The molecule has 1 aliphatic heterocycles. The Hall–Kier alpha value is -2.76. The molecule has 4 heterocycles. The molecule has 0 aliphatic carbocycles. The van der Waals surface area contributed by atoms with Crippen molar-refractivity contribution in [2.75, 3.05) is 11.9 Å². The molecule has 3 aromatic rings. The van der Waals surface area contributed by atoms with E-state index in [0.29, 0.717) is 5.69 Å². The Kier molecular flexibility index (Phi) is 3.29. The van der Waals surface area contributed by atoms with Crippen LogP contribution in [0.4, 0.5) is 10.2 Å². The van der Waals surface area contributed by atoms with E-state index in [1.807, 2.05) is 19.3 Å². The van der Waals surface area contributed by atoms with Crippen LogP contribution >= 0.6 is 0 Å². The van der Waals surface area contributed by atoms with Gasteiger partial charge in [-0.25, -0.2) is 9.37 Å². The van der Waals surface area contributed by atoms with Crippen molar-refractivity contribution in [3.8, 4) is 22.5 Å². The number of pyridine rings is 2. The van der Waals surface area contributed by atoms with Crippen molar-refractivity contribution < 1.29 is 4.39 Å². The molecule has 0 aromatic carbocycles. The third kappa shape index (κ3) is 2.46. The molecular weight excluding hydrogens is 293 g/mol. The number of nitrogens with one attached hydrogen (secondary N) is 1. The summed E-state index contributed by atoms with van der Waals surface area (Å²) in [6, 6.07) is 5.08. The smallest absolute Gasteiger partial charge is 0.141 e. The minimum Gasteiger partial charge on any atom is -0.370 e. The van der Waals surface area contributed by atoms with Crippen molar-refractivity contribution in [1.29, 1.82) is 0 Å². The quantitative estimate of drug-likeness (QED) is 0.790. The number of hydrogen-bond donors (Lipinski definition) is 1. The highest BCUT2D eigenvalue weighted by atomic mass is 19.1. The van der Waals surface area contributed by atoms with Gasteiger partial charge in [-0.3, -0.25) is 9.67 Å². The van der Waals surface area contributed by atoms with E-state index >= 15 is 0 Å². The molecule has 0 amide bonds. The van der Waals surface area contributed by atoms with Crippen LogP contribution in [0.25, 0.3) is 22.5 Å². The lowest BCUT2D eigenvalue weighted by molar-refractivity contribution is 0.621. The van der Waals surface area contributed by atoms with Crippen LogP contribution in [0.15, 0.2) is 36.8 Å². The molecule has 23 heavy (non-hydrogen) atoms. The van der Waals surface area contributed by atoms with Crippen LogP contribution in [-0.2, 0) is 13.5 Å². The van der Waals surface area contributed by atoms with Crippen molar-refractivity contribution in [3.05, 3.63) is 48.2 Å². The van der Waals surface area contributed by atoms with Gasteiger partial charge in [0.25, 0.3) is 0 Å². The number of aryl methyl sites for hydroxylation is 1. The first kappa shape index (κ1) is 13.9. The summed E-state index contributed by atoms with van der Waals surface area (Å²) in [5, 5.41) is 7.87. The normalized spacial score (nSPS) is 13.5. The summed E-state index contributed by atoms with van der Waals surface area (Å²) in [6.07, 6.45) is 7.07. The van der Waals surface area contributed by atoms with Crippen LogP contribution in [-0.4, -0.2) is 26.3 Å². The molecule has 0 saturated carbocycles. The summed E-state index contributed by atoms with van der Waals surface area (Å²) < 4.78 is 14.9. The van der Waals surface area contributed by atoms with Gasteiger partial charge in [0.2, 0.25) is 0 Å². The van der Waals surface area contributed by atoms with Crippen LogP contribution in [0.3, 0.4) is 0 Å². The SMILES string of the molecule is Cn1cc(-c2ccnc3c2CCCN3)c(-c2ccc(F)cn2)n1. The number of aromatic nitrogens is 4. The summed E-state index contributed by atoms with van der Waals surface area (Å²) in [5.74, 6) is 0.590. The lowest BCUT2D eigenvalue weighted by Gasteiger charge is -2.19. The maximum atomic E-state index is 13.2. The topological polar surface area (TPSA) is 55.6 Å². The van der Waals surface area contributed by atoms with E-state index in [2.05, 4.69) is 20.4 Å². The predicted molar refractivity (Wildman–Crippen MR) is 86.4 cm³/mol. The molecule has 0 radical (unpaired) electrons. The minimum absolute atomic E-state index is 0.350. The Balaban J connectivity index is 1.89. The molecule has 5 nitrogen and oxygen atoms in total. The van der Waals surface area contributed by atoms with Crippen LogP contribution in [0.5, 0.6) is 0 Å². The zero-order valence-corrected chi connectivity index (χ0v) is 12.8. The molecule has 0 saturated heterocycles. The average molecular weight is 309 g/mol. The van der Waals surface area contributed by atoms with Crippen molar-refractivity contribution >= 4 is 5.82 Å². The Morgan fingerprint density at radius 1 is 1.17 bits per heavy atom. The maximum absolute atomic E-state index is 13.2. The van der Waals surface area contributed by atoms with E-state index in [4.69, 9.17) is 0 Å². The summed E-state index contributed by atoms with van der Waals surface area (Å²) in [5.41, 5.74) is 4.73. The van der Waals surface area contributed by atoms with E-state index in [-0.39, 0.29) is 5.82 Å². The largest absolute Gasteiger partial charge is 0.370 e. The fourth-order valence-electron chi connectivity index (χ4n) is 3.01. The lowest BCUT2D eigenvalue weighted by atomic mass is 9.95. The standard InChI is InChI=1S/C17H16FN5/c1-23-10-14(16(22-23)15-5-4-11(18)9-21-15)12-6-8-20-17-13(12)3-2-7-19-17/h4-6,8-10H,2-3,7H2,1H3,(H,19,20). The van der Waals surface area contributed by atoms with E-state index in [0.717, 1.165) is 42.0 Å². The van der Waals surface area contributed by atoms with E-state index in [1.54, 1.807) is 16.9 Å². The minimum atomic E-state index is -0.350. The van der Waals surface area contributed by atoms with E-state index in [1.165, 1.54) is 17.8 Å². The first-order chi connectivity index (χ1) is 11.2. The second-order valence-corrected chi connectivity index (χ2v) is 5.64. The predicted octanol–water partition coefficient (Wildman–Crippen LogP) is 3.04. The third-order valence-corrected chi connectivity index (χ3v) is 4.04. The molecule has 0 atom stereocenters. The van der Waals surface area contributed by atoms with Gasteiger partial charge in [0.15, 0.2) is 0 Å². The van der Waals surface area contributed by atoms with Crippen LogP contribution in [0, 0.1) is 5.82 Å².